The fraction of sp³-hybridized carbons (Fsp3) is 0.0588. The highest BCUT2D eigenvalue weighted by Crippen LogP contribution is 2.32. The molecule has 0 bridgehead atoms. The van der Waals surface area contributed by atoms with E-state index in [1.165, 1.54) is 6.26 Å². The summed E-state index contributed by atoms with van der Waals surface area (Å²) in [5, 5.41) is 9.60. The number of nitrogens with two attached hydrogens (primary N) is 1. The van der Waals surface area contributed by atoms with Gasteiger partial charge < -0.3 is 5.32 Å². The number of anilines is 2. The summed E-state index contributed by atoms with van der Waals surface area (Å²) in [7, 11) is -3.30. The maximum absolute atomic E-state index is 11.8. The van der Waals surface area contributed by atoms with Gasteiger partial charge in [-0.3, -0.25) is 15.1 Å². The van der Waals surface area contributed by atoms with Crippen LogP contribution in [-0.2, 0) is 9.84 Å². The predicted molar refractivity (Wildman–Crippen MR) is 104 cm³/mol. The topological polar surface area (TPSA) is 97.4 Å². The number of hydrogen-bond donors (Lipinski definition) is 2. The molecule has 25 heavy (non-hydrogen) atoms. The maximum atomic E-state index is 11.8. The molecule has 0 fully saturated rings. The standard InChI is InChI=1S/C17H16N4O2S2/c1-19-16-9-11(3-6-17(16)24-18)21-15-7-8-20-14-5-4-12(10-13(14)15)25(2,22)23/h3-10H,1,18H2,2H3,(H,20,21). The Bertz CT molecular complexity index is 1070. The van der Waals surface area contributed by atoms with Crippen molar-refractivity contribution in [3.63, 3.8) is 0 Å². The largest absolute Gasteiger partial charge is 0.355 e. The quantitative estimate of drug-likeness (QED) is 0.524. The Hall–Kier alpha value is -2.42. The molecule has 0 atom stereocenters. The molecule has 0 saturated carbocycles. The van der Waals surface area contributed by atoms with Gasteiger partial charge in [-0.1, -0.05) is 0 Å². The van der Waals surface area contributed by atoms with Gasteiger partial charge in [0.25, 0.3) is 0 Å². The van der Waals surface area contributed by atoms with Gasteiger partial charge in [-0.05, 0) is 61.1 Å². The third-order valence-electron chi connectivity index (χ3n) is 3.68. The van der Waals surface area contributed by atoms with Crippen LogP contribution in [-0.4, -0.2) is 26.4 Å². The number of pyridine rings is 1. The van der Waals surface area contributed by atoms with Gasteiger partial charge in [0.1, 0.15) is 0 Å². The zero-order chi connectivity index (χ0) is 18.0. The average Bonchev–Trinajstić information content (AvgIpc) is 2.60. The SMILES string of the molecule is C=Nc1cc(Nc2ccnc3ccc(S(C)(=O)=O)cc23)ccc1SN. The molecule has 0 aliphatic heterocycles. The van der Waals surface area contributed by atoms with Crippen LogP contribution in [0.2, 0.25) is 0 Å². The van der Waals surface area contributed by atoms with E-state index in [2.05, 4.69) is 22.0 Å². The van der Waals surface area contributed by atoms with E-state index in [0.29, 0.717) is 11.2 Å². The molecule has 1 aromatic heterocycles. The number of sulfone groups is 1. The van der Waals surface area contributed by atoms with E-state index in [0.717, 1.165) is 33.6 Å². The number of nitrogens with one attached hydrogen (secondary N) is 1. The Kier molecular flexibility index (Phi) is 4.76. The molecular formula is C17H16N4O2S2. The summed E-state index contributed by atoms with van der Waals surface area (Å²) < 4.78 is 23.7. The lowest BCUT2D eigenvalue weighted by molar-refractivity contribution is 0.602. The average molecular weight is 372 g/mol. The van der Waals surface area contributed by atoms with Crippen molar-refractivity contribution in [3.8, 4) is 0 Å². The van der Waals surface area contributed by atoms with Crippen LogP contribution in [0.3, 0.4) is 0 Å². The van der Waals surface area contributed by atoms with Gasteiger partial charge >= 0.3 is 0 Å². The molecule has 8 heteroatoms. The zero-order valence-electron chi connectivity index (χ0n) is 13.4. The van der Waals surface area contributed by atoms with E-state index < -0.39 is 9.84 Å². The van der Waals surface area contributed by atoms with E-state index in [4.69, 9.17) is 5.14 Å². The summed E-state index contributed by atoms with van der Waals surface area (Å²) in [6, 6.07) is 12.2. The lowest BCUT2D eigenvalue weighted by atomic mass is 10.1. The third kappa shape index (κ3) is 3.65. The van der Waals surface area contributed by atoms with Crippen molar-refractivity contribution in [2.45, 2.75) is 9.79 Å². The Balaban J connectivity index is 2.08. The van der Waals surface area contributed by atoms with Crippen molar-refractivity contribution in [2.75, 3.05) is 11.6 Å². The van der Waals surface area contributed by atoms with Gasteiger partial charge in [0.15, 0.2) is 9.84 Å². The summed E-state index contributed by atoms with van der Waals surface area (Å²) in [4.78, 5) is 9.32. The number of aromatic nitrogens is 1. The highest BCUT2D eigenvalue weighted by Gasteiger charge is 2.11. The first-order valence-corrected chi connectivity index (χ1v) is 10.0. The highest BCUT2D eigenvalue weighted by atomic mass is 32.2. The molecule has 0 spiro atoms. The van der Waals surface area contributed by atoms with Crippen LogP contribution in [0.15, 0.2) is 63.4 Å². The highest BCUT2D eigenvalue weighted by molar-refractivity contribution is 7.97. The summed E-state index contributed by atoms with van der Waals surface area (Å²) in [6.45, 7) is 3.55. The first kappa shape index (κ1) is 17.4. The number of rotatable bonds is 5. The minimum absolute atomic E-state index is 0.249. The van der Waals surface area contributed by atoms with Crippen LogP contribution in [0.1, 0.15) is 0 Å². The van der Waals surface area contributed by atoms with E-state index in [1.54, 1.807) is 30.5 Å². The number of benzene rings is 2. The molecule has 128 valence electrons. The molecule has 0 amide bonds. The van der Waals surface area contributed by atoms with Crippen LogP contribution < -0.4 is 10.5 Å². The molecule has 0 saturated heterocycles. The summed E-state index contributed by atoms with van der Waals surface area (Å²) in [6.07, 6.45) is 2.85. The van der Waals surface area contributed by atoms with Gasteiger partial charge in [0.2, 0.25) is 0 Å². The molecular weight excluding hydrogens is 356 g/mol. The number of fused-ring (bicyclic) bond motifs is 1. The molecule has 3 N–H and O–H groups in total. The first-order valence-electron chi connectivity index (χ1n) is 7.26. The van der Waals surface area contributed by atoms with E-state index in [-0.39, 0.29) is 4.90 Å². The monoisotopic (exact) mass is 372 g/mol. The van der Waals surface area contributed by atoms with Crippen LogP contribution in [0.5, 0.6) is 0 Å². The van der Waals surface area contributed by atoms with Gasteiger partial charge in [0.05, 0.1) is 16.1 Å². The lowest BCUT2D eigenvalue weighted by Crippen LogP contribution is -1.98. The molecule has 6 nitrogen and oxygen atoms in total. The van der Waals surface area contributed by atoms with Crippen LogP contribution in [0, 0.1) is 0 Å². The molecule has 3 rings (SSSR count). The third-order valence-corrected chi connectivity index (χ3v) is 5.39. The van der Waals surface area contributed by atoms with Crippen molar-refractivity contribution in [3.05, 3.63) is 48.7 Å². The Morgan fingerprint density at radius 3 is 2.68 bits per heavy atom. The normalized spacial score (nSPS) is 11.4. The first-order chi connectivity index (χ1) is 11.9. The Morgan fingerprint density at radius 1 is 1.20 bits per heavy atom. The molecule has 0 aliphatic rings. The molecule has 0 radical (unpaired) electrons. The fourth-order valence-electron chi connectivity index (χ4n) is 2.44. The number of hydrogen-bond acceptors (Lipinski definition) is 7. The maximum Gasteiger partial charge on any atom is 0.175 e. The van der Waals surface area contributed by atoms with E-state index >= 15 is 0 Å². The molecule has 3 aromatic rings. The Morgan fingerprint density at radius 2 is 2.00 bits per heavy atom. The molecule has 2 aromatic carbocycles. The van der Waals surface area contributed by atoms with Gasteiger partial charge in [-0.15, -0.1) is 0 Å². The van der Waals surface area contributed by atoms with Crippen LogP contribution >= 0.6 is 11.9 Å². The number of aliphatic imine (C=N–C) groups is 1. The number of nitrogens with zero attached hydrogens (tertiary/aromatic N) is 2. The van der Waals surface area contributed by atoms with Gasteiger partial charge in [-0.2, -0.15) is 0 Å². The second kappa shape index (κ2) is 6.83. The second-order valence-electron chi connectivity index (χ2n) is 5.39. The summed E-state index contributed by atoms with van der Waals surface area (Å²) >= 11 is 1.10. The van der Waals surface area contributed by atoms with E-state index in [9.17, 15) is 8.42 Å². The van der Waals surface area contributed by atoms with Crippen molar-refractivity contribution in [1.82, 2.24) is 4.98 Å². The van der Waals surface area contributed by atoms with Crippen LogP contribution in [0.4, 0.5) is 17.1 Å². The van der Waals surface area contributed by atoms with Crippen molar-refractivity contribution in [2.24, 2.45) is 10.1 Å². The van der Waals surface area contributed by atoms with Gasteiger partial charge in [0, 0.05) is 34.1 Å². The fourth-order valence-corrected chi connectivity index (χ4v) is 3.48. The van der Waals surface area contributed by atoms with Crippen molar-refractivity contribution in [1.29, 1.82) is 0 Å². The zero-order valence-corrected chi connectivity index (χ0v) is 15.1. The predicted octanol–water partition coefficient (Wildman–Crippen LogP) is 3.68. The van der Waals surface area contributed by atoms with Crippen molar-refractivity contribution >= 4 is 56.5 Å². The smallest absolute Gasteiger partial charge is 0.175 e. The molecule has 0 unspecified atom stereocenters. The van der Waals surface area contributed by atoms with E-state index in [1.807, 2.05) is 18.2 Å². The van der Waals surface area contributed by atoms with Crippen molar-refractivity contribution < 1.29 is 8.42 Å². The second-order valence-corrected chi connectivity index (χ2v) is 8.08. The minimum atomic E-state index is -3.30. The molecule has 0 aliphatic carbocycles. The summed E-state index contributed by atoms with van der Waals surface area (Å²) in [5.74, 6) is 0. The minimum Gasteiger partial charge on any atom is -0.355 e. The Labute approximate surface area is 150 Å². The van der Waals surface area contributed by atoms with Crippen LogP contribution in [0.25, 0.3) is 10.9 Å². The molecule has 1 heterocycles. The lowest BCUT2D eigenvalue weighted by Gasteiger charge is -2.12. The summed E-state index contributed by atoms with van der Waals surface area (Å²) in [5.41, 5.74) is 2.91. The van der Waals surface area contributed by atoms with Gasteiger partial charge in [-0.25, -0.2) is 8.42 Å².